The van der Waals surface area contributed by atoms with Gasteiger partial charge in [-0.3, -0.25) is 4.79 Å². The molecule has 0 saturated carbocycles. The number of hydrogen-bond acceptors (Lipinski definition) is 3. The Morgan fingerprint density at radius 3 is 2.72 bits per heavy atom. The Bertz CT molecular complexity index is 401. The molecular formula is C13H18BrNO3. The first-order chi connectivity index (χ1) is 8.43. The standard InChI is InChI=1S/C13H18BrNO3/c1-13(2,14)12(16)15-10-5-4-6-11(9-10)18-8-7-17-3/h4-6,9H,7-8H2,1-3H3,(H,15,16). The molecule has 0 aliphatic carbocycles. The van der Waals surface area contributed by atoms with Crippen LogP contribution in [0.15, 0.2) is 24.3 Å². The Morgan fingerprint density at radius 2 is 2.11 bits per heavy atom. The predicted molar refractivity (Wildman–Crippen MR) is 75.4 cm³/mol. The lowest BCUT2D eigenvalue weighted by Crippen LogP contribution is -2.30. The average Bonchev–Trinajstić information content (AvgIpc) is 2.28. The van der Waals surface area contributed by atoms with E-state index in [4.69, 9.17) is 9.47 Å². The van der Waals surface area contributed by atoms with Gasteiger partial charge in [-0.1, -0.05) is 22.0 Å². The molecule has 0 saturated heterocycles. The summed E-state index contributed by atoms with van der Waals surface area (Å²) in [6.07, 6.45) is 0. The molecule has 0 atom stereocenters. The molecule has 1 aromatic carbocycles. The van der Waals surface area contributed by atoms with Gasteiger partial charge < -0.3 is 14.8 Å². The predicted octanol–water partition coefficient (Wildman–Crippen LogP) is 2.82. The number of ether oxygens (including phenoxy) is 2. The molecule has 1 aromatic rings. The number of amides is 1. The van der Waals surface area contributed by atoms with Gasteiger partial charge >= 0.3 is 0 Å². The van der Waals surface area contributed by atoms with E-state index in [1.165, 1.54) is 0 Å². The highest BCUT2D eigenvalue weighted by molar-refractivity contribution is 9.10. The minimum atomic E-state index is -0.597. The van der Waals surface area contributed by atoms with Gasteiger partial charge in [-0.25, -0.2) is 0 Å². The summed E-state index contributed by atoms with van der Waals surface area (Å²) >= 11 is 3.31. The topological polar surface area (TPSA) is 47.6 Å². The fraction of sp³-hybridized carbons (Fsp3) is 0.462. The molecule has 0 bridgehead atoms. The molecule has 100 valence electrons. The van der Waals surface area contributed by atoms with Crippen molar-refractivity contribution in [1.29, 1.82) is 0 Å². The van der Waals surface area contributed by atoms with Gasteiger partial charge in [-0.05, 0) is 26.0 Å². The average molecular weight is 316 g/mol. The minimum Gasteiger partial charge on any atom is -0.491 e. The fourth-order valence-electron chi connectivity index (χ4n) is 1.19. The van der Waals surface area contributed by atoms with E-state index in [1.807, 2.05) is 18.2 Å². The van der Waals surface area contributed by atoms with Crippen molar-refractivity contribution < 1.29 is 14.3 Å². The number of halogens is 1. The van der Waals surface area contributed by atoms with E-state index in [0.717, 1.165) is 0 Å². The lowest BCUT2D eigenvalue weighted by atomic mass is 10.2. The van der Waals surface area contributed by atoms with Crippen LogP contribution in [0.5, 0.6) is 5.75 Å². The highest BCUT2D eigenvalue weighted by Crippen LogP contribution is 2.21. The van der Waals surface area contributed by atoms with Crippen LogP contribution in [0.25, 0.3) is 0 Å². The molecule has 0 radical (unpaired) electrons. The van der Waals surface area contributed by atoms with Gasteiger partial charge in [0.25, 0.3) is 0 Å². The largest absolute Gasteiger partial charge is 0.491 e. The number of alkyl halides is 1. The van der Waals surface area contributed by atoms with Crippen molar-refractivity contribution in [3.05, 3.63) is 24.3 Å². The second-order valence-electron chi connectivity index (χ2n) is 4.30. The third-order valence-electron chi connectivity index (χ3n) is 2.19. The summed E-state index contributed by atoms with van der Waals surface area (Å²) in [4.78, 5) is 11.8. The Balaban J connectivity index is 2.62. The van der Waals surface area contributed by atoms with Gasteiger partial charge in [0.1, 0.15) is 12.4 Å². The quantitative estimate of drug-likeness (QED) is 0.648. The van der Waals surface area contributed by atoms with E-state index in [9.17, 15) is 4.79 Å². The highest BCUT2D eigenvalue weighted by atomic mass is 79.9. The summed E-state index contributed by atoms with van der Waals surface area (Å²) in [5.41, 5.74) is 0.711. The molecule has 1 N–H and O–H groups in total. The fourth-order valence-corrected chi connectivity index (χ4v) is 1.29. The normalized spacial score (nSPS) is 11.1. The Morgan fingerprint density at radius 1 is 1.39 bits per heavy atom. The lowest BCUT2D eigenvalue weighted by Gasteiger charge is -2.16. The zero-order valence-corrected chi connectivity index (χ0v) is 12.4. The van der Waals surface area contributed by atoms with Crippen LogP contribution in [-0.2, 0) is 9.53 Å². The van der Waals surface area contributed by atoms with E-state index in [2.05, 4.69) is 21.2 Å². The number of carbonyl (C=O) groups excluding carboxylic acids is 1. The van der Waals surface area contributed by atoms with Crippen LogP contribution in [0.1, 0.15) is 13.8 Å². The maximum atomic E-state index is 11.8. The van der Waals surface area contributed by atoms with Crippen molar-refractivity contribution >= 4 is 27.5 Å². The van der Waals surface area contributed by atoms with E-state index in [-0.39, 0.29) is 5.91 Å². The summed E-state index contributed by atoms with van der Waals surface area (Å²) in [6, 6.07) is 7.27. The number of methoxy groups -OCH3 is 1. The van der Waals surface area contributed by atoms with Crippen molar-refractivity contribution in [2.45, 2.75) is 18.2 Å². The number of anilines is 1. The summed E-state index contributed by atoms with van der Waals surface area (Å²) < 4.78 is 9.77. The lowest BCUT2D eigenvalue weighted by molar-refractivity contribution is -0.117. The number of rotatable bonds is 6. The Kier molecular flexibility index (Phi) is 5.62. The van der Waals surface area contributed by atoms with Gasteiger partial charge in [0.05, 0.1) is 10.9 Å². The number of nitrogens with one attached hydrogen (secondary N) is 1. The molecule has 0 unspecified atom stereocenters. The molecular weight excluding hydrogens is 298 g/mol. The van der Waals surface area contributed by atoms with Crippen molar-refractivity contribution in [2.24, 2.45) is 0 Å². The van der Waals surface area contributed by atoms with Crippen LogP contribution in [-0.4, -0.2) is 30.6 Å². The number of carbonyl (C=O) groups is 1. The summed E-state index contributed by atoms with van der Waals surface area (Å²) in [5.74, 6) is 0.605. The molecule has 0 spiro atoms. The van der Waals surface area contributed by atoms with Gasteiger partial charge in [-0.15, -0.1) is 0 Å². The maximum Gasteiger partial charge on any atom is 0.240 e. The third-order valence-corrected chi connectivity index (χ3v) is 2.55. The van der Waals surface area contributed by atoms with Gasteiger partial charge in [0.15, 0.2) is 0 Å². The summed E-state index contributed by atoms with van der Waals surface area (Å²) in [7, 11) is 1.62. The van der Waals surface area contributed by atoms with Crippen molar-refractivity contribution in [3.8, 4) is 5.75 Å². The monoisotopic (exact) mass is 315 g/mol. The second kappa shape index (κ2) is 6.75. The van der Waals surface area contributed by atoms with Crippen LogP contribution in [0.3, 0.4) is 0 Å². The Hall–Kier alpha value is -1.07. The Labute approximate surface area is 116 Å². The molecule has 1 amide bonds. The van der Waals surface area contributed by atoms with Crippen molar-refractivity contribution in [1.82, 2.24) is 0 Å². The van der Waals surface area contributed by atoms with Crippen LogP contribution < -0.4 is 10.1 Å². The van der Waals surface area contributed by atoms with E-state index in [0.29, 0.717) is 24.7 Å². The van der Waals surface area contributed by atoms with Crippen LogP contribution >= 0.6 is 15.9 Å². The van der Waals surface area contributed by atoms with E-state index < -0.39 is 4.32 Å². The van der Waals surface area contributed by atoms with Gasteiger partial charge in [0.2, 0.25) is 5.91 Å². The van der Waals surface area contributed by atoms with Crippen LogP contribution in [0, 0.1) is 0 Å². The first kappa shape index (κ1) is 15.0. The van der Waals surface area contributed by atoms with Crippen molar-refractivity contribution in [2.75, 3.05) is 25.6 Å². The van der Waals surface area contributed by atoms with Crippen LogP contribution in [0.2, 0.25) is 0 Å². The SMILES string of the molecule is COCCOc1cccc(NC(=O)C(C)(C)Br)c1. The maximum absolute atomic E-state index is 11.8. The smallest absolute Gasteiger partial charge is 0.240 e. The van der Waals surface area contributed by atoms with Gasteiger partial charge in [0, 0.05) is 18.9 Å². The molecule has 4 nitrogen and oxygen atoms in total. The summed E-state index contributed by atoms with van der Waals surface area (Å²) in [6.45, 7) is 4.60. The first-order valence-electron chi connectivity index (χ1n) is 5.65. The number of hydrogen-bond donors (Lipinski definition) is 1. The molecule has 0 aromatic heterocycles. The highest BCUT2D eigenvalue weighted by Gasteiger charge is 2.23. The van der Waals surface area contributed by atoms with E-state index >= 15 is 0 Å². The molecule has 0 heterocycles. The molecule has 0 fully saturated rings. The van der Waals surface area contributed by atoms with Gasteiger partial charge in [-0.2, -0.15) is 0 Å². The number of benzene rings is 1. The summed E-state index contributed by atoms with van der Waals surface area (Å²) in [5, 5.41) is 2.82. The van der Waals surface area contributed by atoms with Crippen molar-refractivity contribution in [3.63, 3.8) is 0 Å². The molecule has 0 aliphatic heterocycles. The minimum absolute atomic E-state index is 0.100. The molecule has 1 rings (SSSR count). The molecule has 18 heavy (non-hydrogen) atoms. The molecule has 0 aliphatic rings. The third kappa shape index (κ3) is 5.06. The second-order valence-corrected chi connectivity index (χ2v) is 6.28. The molecule has 5 heteroatoms. The zero-order chi connectivity index (χ0) is 13.6. The van der Waals surface area contributed by atoms with E-state index in [1.54, 1.807) is 27.0 Å². The van der Waals surface area contributed by atoms with Crippen LogP contribution in [0.4, 0.5) is 5.69 Å². The zero-order valence-electron chi connectivity index (χ0n) is 10.8. The first-order valence-corrected chi connectivity index (χ1v) is 6.45.